The molecule has 3 heterocycles. The van der Waals surface area contributed by atoms with Crippen LogP contribution in [0.5, 0.6) is 5.75 Å². The number of rotatable bonds is 6. The quantitative estimate of drug-likeness (QED) is 0.297. The summed E-state index contributed by atoms with van der Waals surface area (Å²) in [5.41, 5.74) is 4.46. The van der Waals surface area contributed by atoms with Crippen LogP contribution in [-0.4, -0.2) is 45.4 Å². The van der Waals surface area contributed by atoms with E-state index in [9.17, 15) is 4.57 Å². The Balaban J connectivity index is 1.62. The number of hydrogen-bond acceptors (Lipinski definition) is 8. The lowest BCUT2D eigenvalue weighted by Crippen LogP contribution is -2.14. The summed E-state index contributed by atoms with van der Waals surface area (Å²) in [6, 6.07) is 11.5. The van der Waals surface area contributed by atoms with E-state index in [0.29, 0.717) is 45.2 Å². The molecule has 0 atom stereocenters. The zero-order valence-corrected chi connectivity index (χ0v) is 20.1. The number of fused-ring (bicyclic) bond motifs is 2. The first-order chi connectivity index (χ1) is 16.3. The van der Waals surface area contributed by atoms with Gasteiger partial charge in [0.2, 0.25) is 5.95 Å². The second-order valence-corrected chi connectivity index (χ2v) is 11.5. The van der Waals surface area contributed by atoms with E-state index in [-0.39, 0.29) is 0 Å². The molecule has 0 bridgehead atoms. The van der Waals surface area contributed by atoms with Crippen molar-refractivity contribution in [2.24, 2.45) is 0 Å². The minimum absolute atomic E-state index is 0.389. The SMILES string of the molecule is COc1ccc(C)cc1Nc1nc(Nc2ccc3nccnc3c2P(C)(C)=O)c2cc[nH]c2n1. The van der Waals surface area contributed by atoms with E-state index in [4.69, 9.17) is 9.72 Å². The number of hydrogen-bond donors (Lipinski definition) is 3. The molecule has 9 nitrogen and oxygen atoms in total. The van der Waals surface area contributed by atoms with E-state index < -0.39 is 7.14 Å². The van der Waals surface area contributed by atoms with Gasteiger partial charge in [0.1, 0.15) is 29.9 Å². The molecule has 0 saturated carbocycles. The zero-order valence-electron chi connectivity index (χ0n) is 19.2. The number of benzene rings is 2. The average Bonchev–Trinajstić information content (AvgIpc) is 3.27. The highest BCUT2D eigenvalue weighted by molar-refractivity contribution is 7.71. The Labute approximate surface area is 196 Å². The van der Waals surface area contributed by atoms with Crippen molar-refractivity contribution in [1.82, 2.24) is 24.9 Å². The molecule has 5 aromatic rings. The molecule has 0 unspecified atom stereocenters. The van der Waals surface area contributed by atoms with Gasteiger partial charge >= 0.3 is 0 Å². The molecule has 0 aliphatic heterocycles. The predicted molar refractivity (Wildman–Crippen MR) is 137 cm³/mol. The normalized spacial score (nSPS) is 11.6. The molecule has 3 aromatic heterocycles. The van der Waals surface area contributed by atoms with E-state index in [1.807, 2.05) is 43.3 Å². The van der Waals surface area contributed by atoms with Crippen LogP contribution in [0.3, 0.4) is 0 Å². The Kier molecular flexibility index (Phi) is 5.42. The molecule has 0 fully saturated rings. The molecule has 0 spiro atoms. The smallest absolute Gasteiger partial charge is 0.231 e. The van der Waals surface area contributed by atoms with E-state index in [2.05, 4.69) is 30.6 Å². The van der Waals surface area contributed by atoms with Gasteiger partial charge < -0.3 is 24.9 Å². The molecule has 34 heavy (non-hydrogen) atoms. The minimum atomic E-state index is -2.72. The number of anilines is 4. The van der Waals surface area contributed by atoms with Crippen molar-refractivity contribution in [1.29, 1.82) is 0 Å². The van der Waals surface area contributed by atoms with Gasteiger partial charge in [-0.1, -0.05) is 6.07 Å². The summed E-state index contributed by atoms with van der Waals surface area (Å²) in [5.74, 6) is 1.64. The van der Waals surface area contributed by atoms with Crippen LogP contribution in [0.15, 0.2) is 55.0 Å². The van der Waals surface area contributed by atoms with E-state index >= 15 is 0 Å². The fourth-order valence-electron chi connectivity index (χ4n) is 3.93. The van der Waals surface area contributed by atoms with Crippen molar-refractivity contribution in [3.8, 4) is 5.75 Å². The van der Waals surface area contributed by atoms with Crippen LogP contribution in [0.4, 0.5) is 23.1 Å². The Morgan fingerprint density at radius 1 is 0.971 bits per heavy atom. The topological polar surface area (TPSA) is 118 Å². The van der Waals surface area contributed by atoms with Gasteiger partial charge in [-0.25, -0.2) is 0 Å². The molecule has 10 heteroatoms. The van der Waals surface area contributed by atoms with Crippen molar-refractivity contribution in [2.45, 2.75) is 6.92 Å². The predicted octanol–water partition coefficient (Wildman–Crippen LogP) is 4.95. The number of nitrogens with one attached hydrogen (secondary N) is 3. The maximum Gasteiger partial charge on any atom is 0.231 e. The van der Waals surface area contributed by atoms with Gasteiger partial charge in [0.05, 0.1) is 34.7 Å². The third-order valence-electron chi connectivity index (χ3n) is 5.42. The summed E-state index contributed by atoms with van der Waals surface area (Å²) < 4.78 is 18.8. The summed E-state index contributed by atoms with van der Waals surface area (Å²) >= 11 is 0. The molecule has 172 valence electrons. The maximum atomic E-state index is 13.3. The number of aryl methyl sites for hydroxylation is 1. The summed E-state index contributed by atoms with van der Waals surface area (Å²) in [7, 11) is -1.09. The van der Waals surface area contributed by atoms with Crippen molar-refractivity contribution >= 4 is 57.7 Å². The highest BCUT2D eigenvalue weighted by Crippen LogP contribution is 2.41. The van der Waals surface area contributed by atoms with Gasteiger partial charge in [-0.15, -0.1) is 0 Å². The first kappa shape index (κ1) is 21.9. The number of ether oxygens (including phenoxy) is 1. The van der Waals surface area contributed by atoms with Gasteiger partial charge in [-0.2, -0.15) is 9.97 Å². The number of aromatic amines is 1. The van der Waals surface area contributed by atoms with Gasteiger partial charge in [-0.05, 0) is 56.1 Å². The summed E-state index contributed by atoms with van der Waals surface area (Å²) in [6.07, 6.45) is 5.04. The van der Waals surface area contributed by atoms with Crippen molar-refractivity contribution in [3.63, 3.8) is 0 Å². The molecule has 0 aliphatic carbocycles. The molecule has 0 aliphatic rings. The number of H-pyrrole nitrogens is 1. The monoisotopic (exact) mass is 473 g/mol. The second kappa shape index (κ2) is 8.43. The van der Waals surface area contributed by atoms with Crippen LogP contribution in [0.25, 0.3) is 22.1 Å². The molecule has 2 aromatic carbocycles. The first-order valence-electron chi connectivity index (χ1n) is 10.7. The third-order valence-corrected chi connectivity index (χ3v) is 6.95. The maximum absolute atomic E-state index is 13.3. The molecule has 0 amide bonds. The van der Waals surface area contributed by atoms with Crippen molar-refractivity contribution in [2.75, 3.05) is 31.1 Å². The lowest BCUT2D eigenvalue weighted by atomic mass is 10.2. The Morgan fingerprint density at radius 2 is 1.79 bits per heavy atom. The van der Waals surface area contributed by atoms with E-state index in [0.717, 1.165) is 16.6 Å². The third kappa shape index (κ3) is 4.06. The second-order valence-electron chi connectivity index (χ2n) is 8.33. The highest BCUT2D eigenvalue weighted by Gasteiger charge is 2.22. The lowest BCUT2D eigenvalue weighted by molar-refractivity contribution is 0.416. The molecular formula is C24H24N7O2P. The average molecular weight is 473 g/mol. The van der Waals surface area contributed by atoms with Crippen LogP contribution in [0, 0.1) is 6.92 Å². The van der Waals surface area contributed by atoms with Gasteiger partial charge in [0.25, 0.3) is 0 Å². The fourth-order valence-corrected chi connectivity index (χ4v) is 5.32. The summed E-state index contributed by atoms with van der Waals surface area (Å²) in [5, 5.41) is 8.08. The lowest BCUT2D eigenvalue weighted by Gasteiger charge is -2.17. The summed E-state index contributed by atoms with van der Waals surface area (Å²) in [4.78, 5) is 21.3. The Bertz CT molecular complexity index is 1580. The molecular weight excluding hydrogens is 449 g/mol. The fraction of sp³-hybridized carbons (Fsp3) is 0.167. The summed E-state index contributed by atoms with van der Waals surface area (Å²) in [6.45, 7) is 5.46. The molecule has 3 N–H and O–H groups in total. The van der Waals surface area contributed by atoms with Crippen LogP contribution in [-0.2, 0) is 4.57 Å². The van der Waals surface area contributed by atoms with Crippen molar-refractivity contribution in [3.05, 3.63) is 60.6 Å². The standard InChI is InChI=1S/C24H24N7O2P/c1-14-5-8-19(33-2)18(13-14)29-24-30-22-15(9-10-27-22)23(31-24)28-17-7-6-16-20(26-12-11-25-16)21(17)34(3,4)32/h5-13H,1-4H3,(H3,27,28,29,30,31). The van der Waals surface area contributed by atoms with Crippen LogP contribution >= 0.6 is 7.14 Å². The first-order valence-corrected chi connectivity index (χ1v) is 13.3. The highest BCUT2D eigenvalue weighted by atomic mass is 31.2. The van der Waals surface area contributed by atoms with Crippen LogP contribution in [0.1, 0.15) is 5.56 Å². The molecule has 0 radical (unpaired) electrons. The van der Waals surface area contributed by atoms with E-state index in [1.54, 1.807) is 39.0 Å². The molecule has 5 rings (SSSR count). The largest absolute Gasteiger partial charge is 0.495 e. The van der Waals surface area contributed by atoms with Gasteiger partial charge in [0, 0.05) is 18.6 Å². The number of nitrogens with zero attached hydrogens (tertiary/aromatic N) is 4. The van der Waals surface area contributed by atoms with Gasteiger partial charge in [0.15, 0.2) is 0 Å². The van der Waals surface area contributed by atoms with Crippen LogP contribution < -0.4 is 20.7 Å². The van der Waals surface area contributed by atoms with E-state index in [1.165, 1.54) is 0 Å². The zero-order chi connectivity index (χ0) is 23.9. The number of methoxy groups -OCH3 is 1. The minimum Gasteiger partial charge on any atom is -0.495 e. The number of aromatic nitrogens is 5. The van der Waals surface area contributed by atoms with Gasteiger partial charge in [-0.3, -0.25) is 9.97 Å². The Morgan fingerprint density at radius 3 is 2.59 bits per heavy atom. The van der Waals surface area contributed by atoms with Crippen molar-refractivity contribution < 1.29 is 9.30 Å². The van der Waals surface area contributed by atoms with Crippen LogP contribution in [0.2, 0.25) is 0 Å². The molecule has 0 saturated heterocycles. The Hall–Kier alpha value is -3.97.